The highest BCUT2D eigenvalue weighted by molar-refractivity contribution is 5.51. The fourth-order valence-electron chi connectivity index (χ4n) is 1.82. The summed E-state index contributed by atoms with van der Waals surface area (Å²) in [5.74, 6) is 2.20. The Morgan fingerprint density at radius 2 is 2.05 bits per heavy atom. The average molecular weight is 283 g/mol. The summed E-state index contributed by atoms with van der Waals surface area (Å²) in [5, 5.41) is 3.28. The smallest absolute Gasteiger partial charge is 0.231 e. The molecule has 1 aromatic carbocycles. The maximum absolute atomic E-state index is 5.63. The van der Waals surface area contributed by atoms with Gasteiger partial charge in [0.1, 0.15) is 5.75 Å². The largest absolute Gasteiger partial charge is 0.467 e. The van der Waals surface area contributed by atoms with Gasteiger partial charge in [0.25, 0.3) is 0 Å². The van der Waals surface area contributed by atoms with Crippen molar-refractivity contribution in [3.05, 3.63) is 17.7 Å². The molecule has 1 aliphatic heterocycles. The molecule has 0 saturated carbocycles. The Labute approximate surface area is 118 Å². The minimum Gasteiger partial charge on any atom is -0.467 e. The van der Waals surface area contributed by atoms with Crippen LogP contribution >= 0.6 is 0 Å². The highest BCUT2D eigenvalue weighted by Crippen LogP contribution is 2.38. The van der Waals surface area contributed by atoms with Gasteiger partial charge < -0.3 is 29.0 Å². The summed E-state index contributed by atoms with van der Waals surface area (Å²) in [4.78, 5) is 0. The van der Waals surface area contributed by atoms with Gasteiger partial charge >= 0.3 is 0 Å². The third-order valence-electron chi connectivity index (χ3n) is 2.86. The van der Waals surface area contributed by atoms with Crippen LogP contribution in [0.1, 0.15) is 12.5 Å². The maximum Gasteiger partial charge on any atom is 0.231 e. The standard InChI is InChI=1S/C14H21NO5/c1-3-17-9-18-12-7-14-13(19-10-20-14)6-11(12)8-15-4-5-16-2/h6-7,15H,3-5,8-10H2,1-2H3. The van der Waals surface area contributed by atoms with Crippen molar-refractivity contribution in [2.45, 2.75) is 13.5 Å². The molecule has 0 saturated heterocycles. The first kappa shape index (κ1) is 14.9. The zero-order valence-electron chi connectivity index (χ0n) is 11.9. The van der Waals surface area contributed by atoms with Crippen LogP contribution in [0.4, 0.5) is 0 Å². The molecule has 20 heavy (non-hydrogen) atoms. The predicted molar refractivity (Wildman–Crippen MR) is 73.3 cm³/mol. The zero-order valence-corrected chi connectivity index (χ0v) is 11.9. The molecule has 1 heterocycles. The van der Waals surface area contributed by atoms with Crippen LogP contribution in [0.3, 0.4) is 0 Å². The molecule has 0 unspecified atom stereocenters. The fraction of sp³-hybridized carbons (Fsp3) is 0.571. The van der Waals surface area contributed by atoms with Crippen molar-refractivity contribution in [2.24, 2.45) is 0 Å². The van der Waals surface area contributed by atoms with Gasteiger partial charge in [0, 0.05) is 38.4 Å². The first-order chi connectivity index (χ1) is 9.85. The van der Waals surface area contributed by atoms with Gasteiger partial charge in [0.2, 0.25) is 6.79 Å². The van der Waals surface area contributed by atoms with E-state index in [0.29, 0.717) is 25.5 Å². The lowest BCUT2D eigenvalue weighted by Crippen LogP contribution is -2.19. The Hall–Kier alpha value is -1.50. The van der Waals surface area contributed by atoms with E-state index in [1.54, 1.807) is 7.11 Å². The lowest BCUT2D eigenvalue weighted by molar-refractivity contribution is 0.0217. The van der Waals surface area contributed by atoms with Crippen LogP contribution < -0.4 is 19.5 Å². The molecule has 6 heteroatoms. The number of hydrogen-bond donors (Lipinski definition) is 1. The second kappa shape index (κ2) is 7.94. The van der Waals surface area contributed by atoms with Gasteiger partial charge in [0.15, 0.2) is 18.3 Å². The Kier molecular flexibility index (Phi) is 5.91. The second-order valence-corrected chi connectivity index (χ2v) is 4.24. The van der Waals surface area contributed by atoms with E-state index in [1.165, 1.54) is 0 Å². The van der Waals surface area contributed by atoms with Crippen LogP contribution in [-0.2, 0) is 16.0 Å². The van der Waals surface area contributed by atoms with Gasteiger partial charge in [-0.2, -0.15) is 0 Å². The summed E-state index contributed by atoms with van der Waals surface area (Å²) >= 11 is 0. The Balaban J connectivity index is 2.01. The van der Waals surface area contributed by atoms with Crippen molar-refractivity contribution in [3.63, 3.8) is 0 Å². The molecule has 0 spiro atoms. The number of nitrogens with one attached hydrogen (secondary N) is 1. The summed E-state index contributed by atoms with van der Waals surface area (Å²) in [6, 6.07) is 3.78. The molecule has 1 N–H and O–H groups in total. The van der Waals surface area contributed by atoms with Gasteiger partial charge in [-0.1, -0.05) is 0 Å². The number of rotatable bonds is 9. The van der Waals surface area contributed by atoms with E-state index in [0.717, 1.165) is 23.6 Å². The van der Waals surface area contributed by atoms with E-state index >= 15 is 0 Å². The molecular weight excluding hydrogens is 262 g/mol. The fourth-order valence-corrected chi connectivity index (χ4v) is 1.82. The van der Waals surface area contributed by atoms with Crippen LogP contribution in [0.2, 0.25) is 0 Å². The maximum atomic E-state index is 5.63. The quantitative estimate of drug-likeness (QED) is 0.548. The van der Waals surface area contributed by atoms with Gasteiger partial charge in [-0.05, 0) is 13.0 Å². The number of hydrogen-bond acceptors (Lipinski definition) is 6. The average Bonchev–Trinajstić information content (AvgIpc) is 2.91. The Bertz CT molecular complexity index is 424. The molecule has 0 amide bonds. The number of ether oxygens (including phenoxy) is 5. The van der Waals surface area contributed by atoms with Crippen molar-refractivity contribution >= 4 is 0 Å². The van der Waals surface area contributed by atoms with Crippen molar-refractivity contribution in [3.8, 4) is 17.2 Å². The minimum absolute atomic E-state index is 0.223. The third kappa shape index (κ3) is 4.00. The van der Waals surface area contributed by atoms with Crippen molar-refractivity contribution in [2.75, 3.05) is 40.5 Å². The molecule has 0 fully saturated rings. The molecule has 0 aromatic heterocycles. The molecule has 112 valence electrons. The molecule has 1 aliphatic rings. The van der Waals surface area contributed by atoms with Crippen molar-refractivity contribution in [1.29, 1.82) is 0 Å². The summed E-state index contributed by atoms with van der Waals surface area (Å²) in [6.07, 6.45) is 0. The summed E-state index contributed by atoms with van der Waals surface area (Å²) in [5.41, 5.74) is 1.00. The lowest BCUT2D eigenvalue weighted by Gasteiger charge is -2.13. The molecule has 0 radical (unpaired) electrons. The van der Waals surface area contributed by atoms with Gasteiger partial charge in [-0.15, -0.1) is 0 Å². The van der Waals surface area contributed by atoms with Crippen LogP contribution in [0, 0.1) is 0 Å². The summed E-state index contributed by atoms with van der Waals surface area (Å²) in [6.45, 7) is 5.13. The van der Waals surface area contributed by atoms with E-state index < -0.39 is 0 Å². The summed E-state index contributed by atoms with van der Waals surface area (Å²) in [7, 11) is 1.68. The minimum atomic E-state index is 0.223. The van der Waals surface area contributed by atoms with Crippen LogP contribution in [0.15, 0.2) is 12.1 Å². The van der Waals surface area contributed by atoms with Crippen LogP contribution in [0.25, 0.3) is 0 Å². The predicted octanol–water partition coefficient (Wildman–Crippen LogP) is 1.52. The Morgan fingerprint density at radius 3 is 2.80 bits per heavy atom. The van der Waals surface area contributed by atoms with Crippen molar-refractivity contribution in [1.82, 2.24) is 5.32 Å². The van der Waals surface area contributed by atoms with Gasteiger partial charge in [0.05, 0.1) is 6.61 Å². The van der Waals surface area contributed by atoms with Gasteiger partial charge in [-0.25, -0.2) is 0 Å². The first-order valence-electron chi connectivity index (χ1n) is 6.68. The van der Waals surface area contributed by atoms with E-state index in [2.05, 4.69) is 5.32 Å². The van der Waals surface area contributed by atoms with Crippen molar-refractivity contribution < 1.29 is 23.7 Å². The first-order valence-corrected chi connectivity index (χ1v) is 6.68. The normalized spacial score (nSPS) is 12.7. The molecular formula is C14H21NO5. The molecule has 0 bridgehead atoms. The zero-order chi connectivity index (χ0) is 14.2. The van der Waals surface area contributed by atoms with E-state index in [9.17, 15) is 0 Å². The monoisotopic (exact) mass is 283 g/mol. The number of benzene rings is 1. The van der Waals surface area contributed by atoms with E-state index in [4.69, 9.17) is 23.7 Å². The third-order valence-corrected chi connectivity index (χ3v) is 2.86. The van der Waals surface area contributed by atoms with Crippen LogP contribution in [0.5, 0.6) is 17.2 Å². The van der Waals surface area contributed by atoms with E-state index in [1.807, 2.05) is 19.1 Å². The second-order valence-electron chi connectivity index (χ2n) is 4.24. The summed E-state index contributed by atoms with van der Waals surface area (Å²) < 4.78 is 26.6. The molecule has 6 nitrogen and oxygen atoms in total. The lowest BCUT2D eigenvalue weighted by atomic mass is 10.1. The van der Waals surface area contributed by atoms with Crippen LogP contribution in [-0.4, -0.2) is 40.5 Å². The molecule has 0 aliphatic carbocycles. The number of fused-ring (bicyclic) bond motifs is 1. The molecule has 1 aromatic rings. The Morgan fingerprint density at radius 1 is 1.25 bits per heavy atom. The highest BCUT2D eigenvalue weighted by Gasteiger charge is 2.18. The number of methoxy groups -OCH3 is 1. The molecule has 0 atom stereocenters. The highest BCUT2D eigenvalue weighted by atomic mass is 16.7. The molecule has 2 rings (SSSR count). The SMILES string of the molecule is CCOCOc1cc2c(cc1CNCCOC)OCO2. The van der Waals surface area contributed by atoms with Gasteiger partial charge in [-0.3, -0.25) is 0 Å². The topological polar surface area (TPSA) is 58.2 Å². The van der Waals surface area contributed by atoms with E-state index in [-0.39, 0.29) is 13.6 Å².